The first-order valence-corrected chi connectivity index (χ1v) is 8.44. The van der Waals surface area contributed by atoms with Gasteiger partial charge in [-0.2, -0.15) is 15.0 Å². The average molecular weight is 385 g/mol. The van der Waals surface area contributed by atoms with Crippen molar-refractivity contribution in [2.45, 2.75) is 20.0 Å². The number of rotatable bonds is 6. The van der Waals surface area contributed by atoms with E-state index in [1.54, 1.807) is 0 Å². The molecule has 2 aromatic carbocycles. The molecule has 144 valence electrons. The Balaban J connectivity index is 1.76. The minimum Gasteiger partial charge on any atom is -0.454 e. The first kappa shape index (κ1) is 19.2. The zero-order chi connectivity index (χ0) is 20.1. The lowest BCUT2D eigenvalue weighted by molar-refractivity contribution is 0.0451. The predicted molar refractivity (Wildman–Crippen MR) is 98.8 cm³/mol. The van der Waals surface area contributed by atoms with Crippen molar-refractivity contribution < 1.29 is 18.3 Å². The maximum absolute atomic E-state index is 13.7. The third-order valence-electron chi connectivity index (χ3n) is 3.84. The number of carbonyl (C=O) groups is 1. The minimum absolute atomic E-state index is 0.0362. The Hall–Kier alpha value is -3.62. The van der Waals surface area contributed by atoms with Crippen molar-refractivity contribution in [1.82, 2.24) is 15.0 Å². The van der Waals surface area contributed by atoms with E-state index in [-0.39, 0.29) is 17.7 Å². The van der Waals surface area contributed by atoms with Crippen LogP contribution >= 0.6 is 0 Å². The van der Waals surface area contributed by atoms with Gasteiger partial charge in [-0.25, -0.2) is 13.6 Å². The number of hydrogen-bond donors (Lipinski definition) is 2. The number of hydrogen-bond acceptors (Lipinski definition) is 7. The molecular formula is C19H17F2N5O2. The number of para-hydroxylation sites is 1. The summed E-state index contributed by atoms with van der Waals surface area (Å²) >= 11 is 0. The molecule has 0 fully saturated rings. The smallest absolute Gasteiger partial charge is 0.344 e. The number of anilines is 3. The Morgan fingerprint density at radius 1 is 1.07 bits per heavy atom. The van der Waals surface area contributed by atoms with Crippen molar-refractivity contribution in [3.63, 3.8) is 0 Å². The third kappa shape index (κ3) is 4.37. The number of carbonyl (C=O) groups excluding carboxylic acids is 1. The number of ether oxygens (including phenoxy) is 1. The van der Waals surface area contributed by atoms with Crippen molar-refractivity contribution >= 4 is 23.6 Å². The molecule has 0 aliphatic rings. The molecule has 0 spiro atoms. The van der Waals surface area contributed by atoms with Crippen LogP contribution in [0.2, 0.25) is 0 Å². The number of aryl methyl sites for hydroxylation is 1. The summed E-state index contributed by atoms with van der Waals surface area (Å²) in [5.74, 6) is -3.09. The zero-order valence-corrected chi connectivity index (χ0v) is 14.9. The molecule has 0 aliphatic carbocycles. The van der Waals surface area contributed by atoms with E-state index in [1.807, 2.05) is 31.2 Å². The molecular weight excluding hydrogens is 368 g/mol. The molecule has 3 aromatic rings. The van der Waals surface area contributed by atoms with Gasteiger partial charge in [0.15, 0.2) is 12.4 Å². The Kier molecular flexibility index (Phi) is 5.73. The third-order valence-corrected chi connectivity index (χ3v) is 3.84. The van der Waals surface area contributed by atoms with E-state index in [1.165, 1.54) is 0 Å². The van der Waals surface area contributed by atoms with E-state index in [4.69, 9.17) is 10.5 Å². The quantitative estimate of drug-likeness (QED) is 0.627. The average Bonchev–Trinajstić information content (AvgIpc) is 2.66. The fourth-order valence-corrected chi connectivity index (χ4v) is 2.52. The summed E-state index contributed by atoms with van der Waals surface area (Å²) in [5.41, 5.74) is 6.75. The number of esters is 1. The van der Waals surface area contributed by atoms with Crippen molar-refractivity contribution in [3.05, 3.63) is 71.1 Å². The minimum atomic E-state index is -1.17. The van der Waals surface area contributed by atoms with Gasteiger partial charge >= 0.3 is 5.97 Å². The van der Waals surface area contributed by atoms with Crippen LogP contribution < -0.4 is 11.1 Å². The predicted octanol–water partition coefficient (Wildman–Crippen LogP) is 3.40. The van der Waals surface area contributed by atoms with E-state index in [0.717, 1.165) is 35.9 Å². The second-order valence-electron chi connectivity index (χ2n) is 5.74. The summed E-state index contributed by atoms with van der Waals surface area (Å²) in [6.45, 7) is 1.58. The van der Waals surface area contributed by atoms with E-state index in [9.17, 15) is 13.6 Å². The van der Waals surface area contributed by atoms with Gasteiger partial charge in [0, 0.05) is 5.69 Å². The number of benzene rings is 2. The van der Waals surface area contributed by atoms with Crippen molar-refractivity contribution in [1.29, 1.82) is 0 Å². The molecule has 0 bridgehead atoms. The molecule has 28 heavy (non-hydrogen) atoms. The molecule has 0 saturated heterocycles. The van der Waals surface area contributed by atoms with Gasteiger partial charge in [-0.1, -0.05) is 31.2 Å². The van der Waals surface area contributed by atoms with Gasteiger partial charge in [0.2, 0.25) is 11.9 Å². The maximum atomic E-state index is 13.7. The van der Waals surface area contributed by atoms with E-state index in [0.29, 0.717) is 0 Å². The van der Waals surface area contributed by atoms with Crippen molar-refractivity contribution in [2.24, 2.45) is 0 Å². The van der Waals surface area contributed by atoms with Crippen LogP contribution in [0.25, 0.3) is 0 Å². The van der Waals surface area contributed by atoms with Gasteiger partial charge in [-0.3, -0.25) is 0 Å². The van der Waals surface area contributed by atoms with Crippen LogP contribution in [0, 0.1) is 11.6 Å². The number of nitrogens with one attached hydrogen (secondary N) is 1. The highest BCUT2D eigenvalue weighted by Crippen LogP contribution is 2.20. The zero-order valence-electron chi connectivity index (χ0n) is 14.9. The maximum Gasteiger partial charge on any atom is 0.344 e. The fourth-order valence-electron chi connectivity index (χ4n) is 2.52. The number of nitrogens with zero attached hydrogens (tertiary/aromatic N) is 3. The summed E-state index contributed by atoms with van der Waals surface area (Å²) in [6, 6.07) is 10.7. The number of nitrogen functional groups attached to an aromatic ring is 1. The summed E-state index contributed by atoms with van der Waals surface area (Å²) < 4.78 is 32.2. The van der Waals surface area contributed by atoms with Crippen LogP contribution in [0.15, 0.2) is 42.5 Å². The highest BCUT2D eigenvalue weighted by Gasteiger charge is 2.19. The number of nitrogens with two attached hydrogens (primary N) is 1. The monoisotopic (exact) mass is 385 g/mol. The second kappa shape index (κ2) is 8.38. The van der Waals surface area contributed by atoms with Gasteiger partial charge < -0.3 is 15.8 Å². The van der Waals surface area contributed by atoms with Crippen molar-refractivity contribution in [3.8, 4) is 0 Å². The molecule has 3 N–H and O–H groups in total. The first-order chi connectivity index (χ1) is 13.5. The molecule has 0 amide bonds. The molecule has 0 atom stereocenters. The van der Waals surface area contributed by atoms with Gasteiger partial charge in [-0.05, 0) is 30.2 Å². The van der Waals surface area contributed by atoms with E-state index < -0.39 is 29.8 Å². The summed E-state index contributed by atoms with van der Waals surface area (Å²) in [4.78, 5) is 24.0. The lowest BCUT2D eigenvalue weighted by atomic mass is 10.1. The number of aromatic nitrogens is 3. The summed E-state index contributed by atoms with van der Waals surface area (Å²) in [7, 11) is 0. The first-order valence-electron chi connectivity index (χ1n) is 8.44. The molecule has 9 heteroatoms. The SMILES string of the molecule is CCc1ccccc1Nc1nc(N)nc(COC(=O)c2c(F)cccc2F)n1. The Bertz CT molecular complexity index is 993. The highest BCUT2D eigenvalue weighted by atomic mass is 19.1. The van der Waals surface area contributed by atoms with E-state index in [2.05, 4.69) is 20.3 Å². The summed E-state index contributed by atoms with van der Waals surface area (Å²) in [5, 5.41) is 3.04. The largest absolute Gasteiger partial charge is 0.454 e. The fraction of sp³-hybridized carbons (Fsp3) is 0.158. The normalized spacial score (nSPS) is 10.5. The number of halogens is 2. The Labute approximate surface area is 159 Å². The van der Waals surface area contributed by atoms with Gasteiger partial charge in [0.25, 0.3) is 0 Å². The van der Waals surface area contributed by atoms with Crippen LogP contribution in [0.5, 0.6) is 0 Å². The van der Waals surface area contributed by atoms with Crippen LogP contribution in [-0.2, 0) is 17.8 Å². The Morgan fingerprint density at radius 2 is 1.79 bits per heavy atom. The molecule has 3 rings (SSSR count). The van der Waals surface area contributed by atoms with Crippen LogP contribution in [-0.4, -0.2) is 20.9 Å². The second-order valence-corrected chi connectivity index (χ2v) is 5.74. The van der Waals surface area contributed by atoms with E-state index >= 15 is 0 Å². The highest BCUT2D eigenvalue weighted by molar-refractivity contribution is 5.89. The topological polar surface area (TPSA) is 103 Å². The lowest BCUT2D eigenvalue weighted by Gasteiger charge is -2.11. The van der Waals surface area contributed by atoms with Crippen LogP contribution in [0.3, 0.4) is 0 Å². The molecule has 1 heterocycles. The van der Waals surface area contributed by atoms with Crippen LogP contribution in [0.4, 0.5) is 26.4 Å². The standard InChI is InChI=1S/C19H17F2N5O2/c1-2-11-6-3-4-9-14(11)23-19-25-15(24-18(22)26-19)10-28-17(27)16-12(20)7-5-8-13(16)21/h3-9H,2,10H2,1H3,(H3,22,23,24,25,26). The molecule has 0 unspecified atom stereocenters. The van der Waals surface area contributed by atoms with Crippen molar-refractivity contribution in [2.75, 3.05) is 11.1 Å². The van der Waals surface area contributed by atoms with Gasteiger partial charge in [-0.15, -0.1) is 0 Å². The van der Waals surface area contributed by atoms with Crippen LogP contribution in [0.1, 0.15) is 28.7 Å². The molecule has 0 radical (unpaired) electrons. The molecule has 0 saturated carbocycles. The molecule has 1 aromatic heterocycles. The molecule has 7 nitrogen and oxygen atoms in total. The lowest BCUT2D eigenvalue weighted by Crippen LogP contribution is -2.13. The Morgan fingerprint density at radius 3 is 2.50 bits per heavy atom. The van der Waals surface area contributed by atoms with Gasteiger partial charge in [0.05, 0.1) is 0 Å². The molecule has 0 aliphatic heterocycles. The summed E-state index contributed by atoms with van der Waals surface area (Å²) in [6.07, 6.45) is 0.794. The van der Waals surface area contributed by atoms with Gasteiger partial charge in [0.1, 0.15) is 17.2 Å².